The topological polar surface area (TPSA) is 443 Å². The van der Waals surface area contributed by atoms with Crippen LogP contribution in [-0.2, 0) is 63.0 Å². The van der Waals surface area contributed by atoms with Crippen molar-refractivity contribution in [3.05, 3.63) is 45.9 Å². The van der Waals surface area contributed by atoms with Crippen molar-refractivity contribution in [2.45, 2.75) is 152 Å². The summed E-state index contributed by atoms with van der Waals surface area (Å²) in [7, 11) is -17.1. The van der Waals surface area contributed by atoms with Gasteiger partial charge in [0.25, 0.3) is 40.5 Å². The van der Waals surface area contributed by atoms with Crippen LogP contribution < -0.4 is 9.47 Å². The van der Waals surface area contributed by atoms with Crippen LogP contribution in [0.5, 0.6) is 11.5 Å². The fraction of sp³-hybridized carbons (Fsp3) is 0.690. The number of rotatable bonds is 24. The molecule has 0 aromatic heterocycles. The number of urea groups is 8. The van der Waals surface area contributed by atoms with Crippen LogP contribution in [0.1, 0.15) is 103 Å². The molecular weight excluding hydrogens is 1590 g/mol. The maximum absolute atomic E-state index is 15.7. The summed E-state index contributed by atoms with van der Waals surface area (Å²) in [6.07, 6.45) is -3.60. The minimum Gasteiger partial charge on any atom is -0.498 e. The summed E-state index contributed by atoms with van der Waals surface area (Å²) in [6.45, 7) is 2.62. The van der Waals surface area contributed by atoms with Crippen LogP contribution in [0.25, 0.3) is 0 Å². The second-order valence-corrected chi connectivity index (χ2v) is 34.6. The molecule has 0 atom stereocenters. The van der Waals surface area contributed by atoms with Gasteiger partial charge in [-0.2, -0.15) is 33.7 Å². The molecule has 1 aromatic rings. The molecule has 12 saturated heterocycles. The minimum absolute atomic E-state index is 0. The van der Waals surface area contributed by atoms with Crippen molar-refractivity contribution in [1.82, 2.24) is 78.4 Å². The summed E-state index contributed by atoms with van der Waals surface area (Å²) in [5.74, 6) is -0.729. The van der Waals surface area contributed by atoms with E-state index in [9.17, 15) is 51.9 Å². The number of hydrogen-bond donors (Lipinski definition) is 4. The van der Waals surface area contributed by atoms with Crippen molar-refractivity contribution in [2.24, 2.45) is 0 Å². The first-order valence-corrected chi connectivity index (χ1v) is 39.9. The molecule has 0 radical (unpaired) electrons. The molecule has 1 aromatic carbocycles. The van der Waals surface area contributed by atoms with E-state index in [1.165, 1.54) is 78.4 Å². The molecule has 14 aliphatic rings. The van der Waals surface area contributed by atoms with E-state index in [0.29, 0.717) is 33.8 Å². The Morgan fingerprint density at radius 2 is 0.557 bits per heavy atom. The first-order valence-electron chi connectivity index (χ1n) is 33.5. The molecule has 106 heavy (non-hydrogen) atoms. The SMILES string of the molecule is CC12N3CC4=C(OCCCCS(=O)(=O)O)CCC(OCCCCS(=O)(=O)O)=C4CN1C(=O)N1CN4C(=O)N5CN6C(=O)N7CN8C(=O)N9Cc%10c(OCCCCS(=O)(=O)O)ccc(OCCCCS(=O)(=O)O)c%10CN%10C(=O)N(CN%11C(=O)N(CN%12C(=O)N(CN(C3=O)C12C)C4C%125)C6C%117)C8(C)C%109C.[Ca+2].[Ca+2].[Ca+2].[Ca+2]. The van der Waals surface area contributed by atoms with Crippen LogP contribution >= 0.6 is 0 Å². The van der Waals surface area contributed by atoms with E-state index in [1.54, 1.807) is 39.8 Å². The van der Waals surface area contributed by atoms with Crippen molar-refractivity contribution in [1.29, 1.82) is 0 Å². The molecule has 558 valence electrons. The maximum Gasteiger partial charge on any atom is 2.00 e. The maximum atomic E-state index is 15.7. The van der Waals surface area contributed by atoms with Crippen LogP contribution in [0, 0.1) is 0 Å². The molecule has 0 saturated carbocycles. The second-order valence-electron chi connectivity index (χ2n) is 28.4. The molecule has 0 unspecified atom stereocenters. The molecule has 12 fully saturated rings. The van der Waals surface area contributed by atoms with Crippen molar-refractivity contribution < 1.29 is 109 Å². The quantitative estimate of drug-likeness (QED) is 0.0592. The first kappa shape index (κ1) is 83.7. The Labute approximate surface area is 730 Å². The van der Waals surface area contributed by atoms with Gasteiger partial charge in [0.2, 0.25) is 0 Å². The number of hydrogen-bond acceptors (Lipinski definition) is 20. The predicted molar refractivity (Wildman–Crippen MR) is 366 cm³/mol. The minimum atomic E-state index is -4.28. The van der Waals surface area contributed by atoms with Crippen LogP contribution in [0.4, 0.5) is 38.4 Å². The fourth-order valence-electron chi connectivity index (χ4n) is 17.7. The Morgan fingerprint density at radius 1 is 0.330 bits per heavy atom. The van der Waals surface area contributed by atoms with Gasteiger partial charge in [-0.15, -0.1) is 0 Å². The van der Waals surface area contributed by atoms with Gasteiger partial charge in [-0.25, -0.2) is 38.4 Å². The average molecular weight is 1670 g/mol. The molecular formula is C58H78Ca4N16O24S4+8. The van der Waals surface area contributed by atoms with Crippen molar-refractivity contribution in [3.63, 3.8) is 0 Å². The van der Waals surface area contributed by atoms with Gasteiger partial charge in [-0.05, 0) is 91.2 Å². The average Bonchev–Trinajstić information content (AvgIpc) is 1.49. The van der Waals surface area contributed by atoms with E-state index in [4.69, 9.17) is 18.9 Å². The van der Waals surface area contributed by atoms with Crippen molar-refractivity contribution >= 4 is 240 Å². The van der Waals surface area contributed by atoms with Gasteiger partial charge in [0.05, 0.1) is 75.6 Å². The van der Waals surface area contributed by atoms with Gasteiger partial charge in [-0.3, -0.25) is 96.6 Å². The molecule has 16 amide bonds. The van der Waals surface area contributed by atoms with E-state index in [0.717, 1.165) is 0 Å². The predicted octanol–water partition coefficient (Wildman–Crippen LogP) is -0.189. The zero-order valence-corrected chi connectivity index (χ0v) is 70.9. The number of carbonyl (C=O) groups excluding carboxylic acids is 8. The van der Waals surface area contributed by atoms with E-state index in [-0.39, 0.29) is 279 Å². The fourth-order valence-corrected chi connectivity index (χ4v) is 20.0. The zero-order chi connectivity index (χ0) is 72.8. The summed E-state index contributed by atoms with van der Waals surface area (Å²) in [4.78, 5) is 148. The number of unbranched alkanes of at least 4 members (excludes halogenated alkanes) is 4. The summed E-state index contributed by atoms with van der Waals surface area (Å²) in [6, 6.07) is -2.32. The zero-order valence-electron chi connectivity index (χ0n) is 58.8. The molecule has 40 nitrogen and oxygen atoms in total. The first-order chi connectivity index (χ1) is 47.9. The summed E-state index contributed by atoms with van der Waals surface area (Å²) >= 11 is 0. The number of ether oxygens (including phenoxy) is 4. The summed E-state index contributed by atoms with van der Waals surface area (Å²) < 4.78 is 155. The van der Waals surface area contributed by atoms with Gasteiger partial charge < -0.3 is 18.9 Å². The number of carbonyl (C=O) groups is 8. The summed E-state index contributed by atoms with van der Waals surface area (Å²) in [5.41, 5.74) is -4.83. The Kier molecular flexibility index (Phi) is 23.4. The number of amides is 16. The van der Waals surface area contributed by atoms with E-state index >= 15 is 38.4 Å². The molecule has 15 rings (SSSR count). The molecule has 0 spiro atoms. The number of allylic oxidation sites excluding steroid dienone is 2. The van der Waals surface area contributed by atoms with Crippen molar-refractivity contribution in [3.8, 4) is 11.5 Å². The third kappa shape index (κ3) is 13.1. The van der Waals surface area contributed by atoms with Gasteiger partial charge in [-0.1, -0.05) is 0 Å². The third-order valence-electron chi connectivity index (χ3n) is 23.2. The molecule has 1 aliphatic carbocycles. The Bertz CT molecular complexity index is 4180. The van der Waals surface area contributed by atoms with Gasteiger partial charge in [0.15, 0.2) is 47.3 Å². The van der Waals surface area contributed by atoms with Gasteiger partial charge >= 0.3 is 199 Å². The second kappa shape index (κ2) is 29.6. The Balaban J connectivity index is 0.00000280. The van der Waals surface area contributed by atoms with E-state index in [1.807, 2.05) is 0 Å². The van der Waals surface area contributed by atoms with Crippen LogP contribution in [0.15, 0.2) is 34.8 Å². The molecule has 48 heteroatoms. The molecule has 13 heterocycles. The molecule has 0 bridgehead atoms. The van der Waals surface area contributed by atoms with Crippen molar-refractivity contribution in [2.75, 3.05) is 103 Å². The number of nitrogens with zero attached hydrogens (tertiary/aromatic N) is 16. The summed E-state index contributed by atoms with van der Waals surface area (Å²) in [5, 5.41) is 0. The van der Waals surface area contributed by atoms with Gasteiger partial charge in [0.1, 0.15) is 63.0 Å². The van der Waals surface area contributed by atoms with Crippen LogP contribution in [-0.4, -0.2) is 479 Å². The van der Waals surface area contributed by atoms with Crippen LogP contribution in [0.3, 0.4) is 0 Å². The van der Waals surface area contributed by atoms with E-state index in [2.05, 4.69) is 0 Å². The van der Waals surface area contributed by atoms with Crippen LogP contribution in [0.2, 0.25) is 0 Å². The Morgan fingerprint density at radius 3 is 0.811 bits per heavy atom. The largest absolute Gasteiger partial charge is 2.00 e. The third-order valence-corrected chi connectivity index (χ3v) is 26.4. The molecule has 4 N–H and O–H groups in total. The number of fused-ring (bicyclic) bond motifs is 2. The van der Waals surface area contributed by atoms with E-state index < -0.39 is 199 Å². The van der Waals surface area contributed by atoms with Gasteiger partial charge in [0, 0.05) is 35.1 Å². The smallest absolute Gasteiger partial charge is 0.498 e. The standard InChI is InChI=1S/C58H78N16O24S4.4Ca/c1-55-57(3)71-31-63-45-43-59(47(63)75)29-61-44-46-65(49(61)77)33-73-53(81)69-27-37-38(42(98-20-8-12-24-102(92,93)94)16-15-41(37)97-19-7-11-23-101(89,90)91)28-70-54(82)74(58(73,4)56(69,70)2)34-66(46)50(78)62(44)30-60(43)48(76)64(45)32-72(57)52(80)68(55)26-36-35(25-67(55)51(71)79)39(95-17-5-9-21-99(83,84)85)13-14-40(36)96-18-6-10-22-100(86,87)88;;;;/h13-14,43-46H,5-12,15-34H2,1-4H3,(H,83,84,85)(H,86,87,88)(H,89,90,91)(H,92,93,94);;;;/q;4*+2. The Hall–Kier alpha value is -3.26. The normalized spacial score (nSPS) is 28.8. The monoisotopic (exact) mass is 1670 g/mol. The number of benzene rings is 1. The molecule has 13 aliphatic heterocycles.